The molecule has 0 aliphatic carbocycles. The van der Waals surface area contributed by atoms with Crippen molar-refractivity contribution >= 4 is 47.3 Å². The van der Waals surface area contributed by atoms with Gasteiger partial charge in [0.2, 0.25) is 0 Å². The lowest BCUT2D eigenvalue weighted by molar-refractivity contribution is 0.0696. The summed E-state index contributed by atoms with van der Waals surface area (Å²) in [6.45, 7) is 5.84. The number of thioether (sulfide) groups is 1. The largest absolute Gasteiger partial charge is 0.478 e. The summed E-state index contributed by atoms with van der Waals surface area (Å²) in [4.78, 5) is 18.6. The second-order valence-electron chi connectivity index (χ2n) is 7.83. The molecule has 0 amide bonds. The summed E-state index contributed by atoms with van der Waals surface area (Å²) >= 11 is 6.41. The molecular formula is C28H28N2O2S2. The zero-order valence-corrected chi connectivity index (χ0v) is 21.0. The van der Waals surface area contributed by atoms with Crippen LogP contribution in [0.1, 0.15) is 29.8 Å². The van der Waals surface area contributed by atoms with Crippen LogP contribution in [0.2, 0.25) is 0 Å². The molecule has 0 radical (unpaired) electrons. The molecule has 0 fully saturated rings. The molecule has 0 saturated carbocycles. The van der Waals surface area contributed by atoms with Gasteiger partial charge < -0.3 is 14.9 Å². The highest BCUT2D eigenvalue weighted by molar-refractivity contribution is 8.00. The van der Waals surface area contributed by atoms with E-state index in [4.69, 9.17) is 0 Å². The molecule has 4 rings (SSSR count). The van der Waals surface area contributed by atoms with Gasteiger partial charge in [0.1, 0.15) is 0 Å². The summed E-state index contributed by atoms with van der Waals surface area (Å²) in [7, 11) is 0. The fourth-order valence-electron chi connectivity index (χ4n) is 4.14. The number of nitrogens with zero attached hydrogens (tertiary/aromatic N) is 2. The van der Waals surface area contributed by atoms with E-state index in [9.17, 15) is 9.90 Å². The van der Waals surface area contributed by atoms with Crippen molar-refractivity contribution in [3.05, 3.63) is 102 Å². The topological polar surface area (TPSA) is 43.8 Å². The van der Waals surface area contributed by atoms with Gasteiger partial charge in [0.15, 0.2) is 0 Å². The Labute approximate surface area is 211 Å². The van der Waals surface area contributed by atoms with Crippen LogP contribution in [0.25, 0.3) is 5.57 Å². The van der Waals surface area contributed by atoms with Crippen molar-refractivity contribution in [1.82, 2.24) is 0 Å². The monoisotopic (exact) mass is 488 g/mol. The number of para-hydroxylation sites is 2. The van der Waals surface area contributed by atoms with Crippen LogP contribution in [0, 0.1) is 0 Å². The van der Waals surface area contributed by atoms with Crippen LogP contribution in [0.15, 0.2) is 101 Å². The lowest BCUT2D eigenvalue weighted by Gasteiger charge is -2.24. The predicted octanol–water partition coefficient (Wildman–Crippen LogP) is 7.06. The van der Waals surface area contributed by atoms with Crippen molar-refractivity contribution in [3.8, 4) is 0 Å². The van der Waals surface area contributed by atoms with Gasteiger partial charge in [0.05, 0.1) is 22.3 Å². The Kier molecular flexibility index (Phi) is 7.70. The number of hydrogen-bond acceptors (Lipinski definition) is 5. The number of fused-ring (bicyclic) bond motifs is 1. The van der Waals surface area contributed by atoms with Gasteiger partial charge in [-0.05, 0) is 67.5 Å². The van der Waals surface area contributed by atoms with Crippen molar-refractivity contribution in [2.45, 2.75) is 29.0 Å². The average Bonchev–Trinajstić information content (AvgIpc) is 3.21. The fraction of sp³-hybridized carbons (Fsp3) is 0.179. The number of allylic oxidation sites excluding steroid dienone is 2. The first-order valence-electron chi connectivity index (χ1n) is 11.3. The van der Waals surface area contributed by atoms with E-state index in [-0.39, 0.29) is 5.37 Å². The molecule has 1 unspecified atom stereocenters. The number of carboxylic acids is 1. The smallest absolute Gasteiger partial charge is 0.336 e. The molecule has 1 atom stereocenters. The molecule has 34 heavy (non-hydrogen) atoms. The number of anilines is 2. The number of rotatable bonds is 8. The molecule has 0 spiro atoms. The zero-order valence-electron chi connectivity index (χ0n) is 19.3. The number of likely N-dealkylation sites (N-methyl/N-ethyl adjacent to an activating group) is 1. The highest BCUT2D eigenvalue weighted by Gasteiger charge is 2.27. The van der Waals surface area contributed by atoms with Crippen LogP contribution in [0.5, 0.6) is 0 Å². The summed E-state index contributed by atoms with van der Waals surface area (Å²) in [5, 5.41) is 9.93. The van der Waals surface area contributed by atoms with Crippen LogP contribution in [0.4, 0.5) is 11.4 Å². The molecule has 4 nitrogen and oxygen atoms in total. The van der Waals surface area contributed by atoms with Gasteiger partial charge in [-0.3, -0.25) is 0 Å². The summed E-state index contributed by atoms with van der Waals surface area (Å²) in [5.74, 6) is -0.933. The maximum Gasteiger partial charge on any atom is 0.336 e. The summed E-state index contributed by atoms with van der Waals surface area (Å²) < 4.78 is 0. The van der Waals surface area contributed by atoms with E-state index in [1.165, 1.54) is 10.6 Å². The van der Waals surface area contributed by atoms with Crippen molar-refractivity contribution in [3.63, 3.8) is 0 Å². The fourth-order valence-corrected chi connectivity index (χ4v) is 5.76. The molecule has 0 aromatic heterocycles. The second-order valence-corrected chi connectivity index (χ2v) is 9.47. The maximum atomic E-state index is 12.0. The molecule has 1 heterocycles. The first-order valence-corrected chi connectivity index (χ1v) is 12.7. The first-order chi connectivity index (χ1) is 16.5. The zero-order chi connectivity index (χ0) is 24.1. The Bertz CT molecular complexity index is 1240. The molecule has 1 aliphatic heterocycles. The average molecular weight is 489 g/mol. The van der Waals surface area contributed by atoms with E-state index >= 15 is 0 Å². The minimum atomic E-state index is -0.933. The van der Waals surface area contributed by atoms with Crippen molar-refractivity contribution in [2.75, 3.05) is 22.9 Å². The van der Waals surface area contributed by atoms with E-state index in [2.05, 4.69) is 66.6 Å². The Morgan fingerprint density at radius 1 is 1.03 bits per heavy atom. The molecule has 6 heteroatoms. The molecule has 174 valence electrons. The Hall–Kier alpha value is -3.09. The van der Waals surface area contributed by atoms with Gasteiger partial charge in [-0.2, -0.15) is 0 Å². The number of aromatic carboxylic acids is 1. The van der Waals surface area contributed by atoms with Crippen LogP contribution < -0.4 is 9.80 Å². The maximum absolute atomic E-state index is 12.0. The van der Waals surface area contributed by atoms with Crippen molar-refractivity contribution in [2.24, 2.45) is 0 Å². The van der Waals surface area contributed by atoms with E-state index < -0.39 is 5.97 Å². The standard InChI is InChI=1S/C28H28N2O2S2/c1-3-29(23-13-7-9-15-25(23)33)18-17-20(21-11-5-6-12-22(21)28(31)32)19-27-30(4-2)24-14-8-10-16-26(24)34-27/h5-19,27,33H,3-4H2,1-2H3,(H,31,32)/b18-17+,20-19-. The SMILES string of the molecule is CCN(/C=C/C(=C/C1Sc2ccccc2N1CC)c1ccccc1C(=O)O)c1ccccc1S. The van der Waals surface area contributed by atoms with Gasteiger partial charge in [0, 0.05) is 29.1 Å². The van der Waals surface area contributed by atoms with E-state index in [0.29, 0.717) is 11.1 Å². The predicted molar refractivity (Wildman–Crippen MR) is 146 cm³/mol. The molecule has 0 saturated heterocycles. The summed E-state index contributed by atoms with van der Waals surface area (Å²) in [6.07, 6.45) is 6.21. The van der Waals surface area contributed by atoms with Crippen LogP contribution in [-0.4, -0.2) is 29.5 Å². The molecule has 3 aromatic carbocycles. The number of hydrogen-bond donors (Lipinski definition) is 2. The van der Waals surface area contributed by atoms with Gasteiger partial charge in [-0.15, -0.1) is 12.6 Å². The molecule has 1 aliphatic rings. The minimum Gasteiger partial charge on any atom is -0.478 e. The quantitative estimate of drug-likeness (QED) is 0.263. The third-order valence-corrected chi connectivity index (χ3v) is 7.44. The first kappa shape index (κ1) is 24.0. The Balaban J connectivity index is 1.78. The number of carbonyl (C=O) groups is 1. The lowest BCUT2D eigenvalue weighted by Crippen LogP contribution is -2.27. The summed E-state index contributed by atoms with van der Waals surface area (Å²) in [6, 6.07) is 23.6. The van der Waals surface area contributed by atoms with Gasteiger partial charge >= 0.3 is 5.97 Å². The number of carboxylic acid groups (broad SMARTS) is 1. The molecule has 0 bridgehead atoms. The second kappa shape index (κ2) is 10.9. The summed E-state index contributed by atoms with van der Waals surface area (Å²) in [5.41, 5.74) is 4.09. The van der Waals surface area contributed by atoms with E-state index in [1.54, 1.807) is 23.9 Å². The Morgan fingerprint density at radius 2 is 1.71 bits per heavy atom. The third kappa shape index (κ3) is 5.03. The van der Waals surface area contributed by atoms with E-state index in [0.717, 1.165) is 29.2 Å². The van der Waals surface area contributed by atoms with Gasteiger partial charge in [-0.25, -0.2) is 4.79 Å². The van der Waals surface area contributed by atoms with Crippen LogP contribution in [-0.2, 0) is 0 Å². The molecule has 3 aromatic rings. The normalized spacial score (nSPS) is 15.6. The van der Waals surface area contributed by atoms with Crippen LogP contribution >= 0.6 is 24.4 Å². The van der Waals surface area contributed by atoms with Gasteiger partial charge in [0.25, 0.3) is 0 Å². The molecular weight excluding hydrogens is 460 g/mol. The Morgan fingerprint density at radius 3 is 2.41 bits per heavy atom. The van der Waals surface area contributed by atoms with E-state index in [1.807, 2.05) is 48.7 Å². The molecule has 1 N–H and O–H groups in total. The van der Waals surface area contributed by atoms with Crippen molar-refractivity contribution in [1.29, 1.82) is 0 Å². The highest BCUT2D eigenvalue weighted by Crippen LogP contribution is 2.44. The minimum absolute atomic E-state index is 0.0659. The van der Waals surface area contributed by atoms with Gasteiger partial charge in [-0.1, -0.05) is 54.2 Å². The third-order valence-electron chi connectivity index (χ3n) is 5.83. The van der Waals surface area contributed by atoms with Crippen LogP contribution in [0.3, 0.4) is 0 Å². The lowest BCUT2D eigenvalue weighted by atomic mass is 9.99. The van der Waals surface area contributed by atoms with Crippen molar-refractivity contribution < 1.29 is 9.90 Å². The number of benzene rings is 3. The highest BCUT2D eigenvalue weighted by atomic mass is 32.2. The number of thiol groups is 1.